The van der Waals surface area contributed by atoms with Gasteiger partial charge in [0.2, 0.25) is 0 Å². The van der Waals surface area contributed by atoms with Crippen molar-refractivity contribution in [2.45, 2.75) is 13.0 Å². The van der Waals surface area contributed by atoms with Gasteiger partial charge in [0.1, 0.15) is 0 Å². The third kappa shape index (κ3) is 3.86. The molecule has 0 radical (unpaired) electrons. The molecule has 1 heteroatoms. The van der Waals surface area contributed by atoms with E-state index in [4.69, 9.17) is 4.74 Å². The number of benzene rings is 2. The fourth-order valence-corrected chi connectivity index (χ4v) is 1.78. The van der Waals surface area contributed by atoms with Gasteiger partial charge in [-0.3, -0.25) is 0 Å². The average Bonchev–Trinajstić information content (AvgIpc) is 2.45. The zero-order valence-electron chi connectivity index (χ0n) is 10.5. The SMILES string of the molecule is C=C(CCOCc1ccccc1)c1ccccc1. The van der Waals surface area contributed by atoms with Crippen LogP contribution >= 0.6 is 0 Å². The van der Waals surface area contributed by atoms with Crippen molar-refractivity contribution < 1.29 is 4.74 Å². The van der Waals surface area contributed by atoms with Crippen LogP contribution in [0.25, 0.3) is 5.57 Å². The Hall–Kier alpha value is -1.86. The summed E-state index contributed by atoms with van der Waals surface area (Å²) in [6, 6.07) is 20.5. The van der Waals surface area contributed by atoms with Crippen LogP contribution < -0.4 is 0 Å². The molecule has 0 N–H and O–H groups in total. The lowest BCUT2D eigenvalue weighted by molar-refractivity contribution is 0.126. The van der Waals surface area contributed by atoms with E-state index >= 15 is 0 Å². The summed E-state index contributed by atoms with van der Waals surface area (Å²) < 4.78 is 5.65. The highest BCUT2D eigenvalue weighted by atomic mass is 16.5. The monoisotopic (exact) mass is 238 g/mol. The molecule has 0 aromatic heterocycles. The molecule has 0 aliphatic carbocycles. The molecule has 0 atom stereocenters. The summed E-state index contributed by atoms with van der Waals surface area (Å²) in [4.78, 5) is 0. The number of rotatable bonds is 6. The topological polar surface area (TPSA) is 9.23 Å². The Morgan fingerprint density at radius 2 is 1.50 bits per heavy atom. The van der Waals surface area contributed by atoms with Crippen LogP contribution in [0.4, 0.5) is 0 Å². The maximum Gasteiger partial charge on any atom is 0.0717 e. The van der Waals surface area contributed by atoms with Gasteiger partial charge >= 0.3 is 0 Å². The lowest BCUT2D eigenvalue weighted by Gasteiger charge is -2.07. The molecule has 0 bridgehead atoms. The quantitative estimate of drug-likeness (QED) is 0.681. The molecule has 18 heavy (non-hydrogen) atoms. The van der Waals surface area contributed by atoms with E-state index in [2.05, 4.69) is 30.8 Å². The number of hydrogen-bond acceptors (Lipinski definition) is 1. The van der Waals surface area contributed by atoms with E-state index in [-0.39, 0.29) is 0 Å². The first-order valence-electron chi connectivity index (χ1n) is 6.21. The average molecular weight is 238 g/mol. The molecular formula is C17H18O. The van der Waals surface area contributed by atoms with E-state index < -0.39 is 0 Å². The molecule has 1 nitrogen and oxygen atoms in total. The Morgan fingerprint density at radius 3 is 2.17 bits per heavy atom. The van der Waals surface area contributed by atoms with Gasteiger partial charge in [-0.15, -0.1) is 0 Å². The third-order valence-electron chi connectivity index (χ3n) is 2.84. The molecule has 92 valence electrons. The summed E-state index contributed by atoms with van der Waals surface area (Å²) in [5.74, 6) is 0. The lowest BCUT2D eigenvalue weighted by Crippen LogP contribution is -1.96. The Kier molecular flexibility index (Phi) is 4.74. The van der Waals surface area contributed by atoms with Crippen LogP contribution in [0.1, 0.15) is 17.5 Å². The van der Waals surface area contributed by atoms with Crippen molar-refractivity contribution >= 4 is 5.57 Å². The van der Waals surface area contributed by atoms with Crippen molar-refractivity contribution in [3.8, 4) is 0 Å². The zero-order valence-corrected chi connectivity index (χ0v) is 10.5. The number of ether oxygens (including phenoxy) is 1. The molecule has 0 saturated heterocycles. The first-order chi connectivity index (χ1) is 8.86. The van der Waals surface area contributed by atoms with Crippen molar-refractivity contribution in [3.63, 3.8) is 0 Å². The minimum absolute atomic E-state index is 0.670. The maximum absolute atomic E-state index is 5.65. The van der Waals surface area contributed by atoms with Gasteiger partial charge in [-0.05, 0) is 23.1 Å². The second kappa shape index (κ2) is 6.77. The van der Waals surface area contributed by atoms with Crippen molar-refractivity contribution in [1.29, 1.82) is 0 Å². The van der Waals surface area contributed by atoms with Crippen LogP contribution in [0.3, 0.4) is 0 Å². The highest BCUT2D eigenvalue weighted by Crippen LogP contribution is 2.15. The number of hydrogen-bond donors (Lipinski definition) is 0. The van der Waals surface area contributed by atoms with Gasteiger partial charge in [0.25, 0.3) is 0 Å². The normalized spacial score (nSPS) is 10.2. The molecule has 0 aliphatic heterocycles. The summed E-state index contributed by atoms with van der Waals surface area (Å²) >= 11 is 0. The molecule has 0 saturated carbocycles. The standard InChI is InChI=1S/C17H18O/c1-15(17-10-6-3-7-11-17)12-13-18-14-16-8-4-2-5-9-16/h2-11H,1,12-14H2. The Bertz CT molecular complexity index is 473. The predicted molar refractivity (Wildman–Crippen MR) is 76.2 cm³/mol. The van der Waals surface area contributed by atoms with E-state index in [1.807, 2.05) is 36.4 Å². The molecule has 0 fully saturated rings. The molecule has 2 rings (SSSR count). The Morgan fingerprint density at radius 1 is 0.889 bits per heavy atom. The van der Waals surface area contributed by atoms with E-state index in [0.29, 0.717) is 13.2 Å². The fraction of sp³-hybridized carbons (Fsp3) is 0.176. The van der Waals surface area contributed by atoms with Crippen molar-refractivity contribution in [2.24, 2.45) is 0 Å². The van der Waals surface area contributed by atoms with E-state index in [1.165, 1.54) is 11.1 Å². The smallest absolute Gasteiger partial charge is 0.0717 e. The fourth-order valence-electron chi connectivity index (χ4n) is 1.78. The minimum Gasteiger partial charge on any atom is -0.376 e. The lowest BCUT2D eigenvalue weighted by atomic mass is 10.1. The van der Waals surface area contributed by atoms with Crippen molar-refractivity contribution in [3.05, 3.63) is 78.4 Å². The van der Waals surface area contributed by atoms with Gasteiger partial charge < -0.3 is 4.74 Å². The summed E-state index contributed by atoms with van der Waals surface area (Å²) in [5, 5.41) is 0. The van der Waals surface area contributed by atoms with Crippen LogP contribution in [-0.4, -0.2) is 6.61 Å². The highest BCUT2D eigenvalue weighted by Gasteiger charge is 1.98. The first-order valence-corrected chi connectivity index (χ1v) is 6.21. The van der Waals surface area contributed by atoms with Crippen LogP contribution in [0.15, 0.2) is 67.2 Å². The van der Waals surface area contributed by atoms with Gasteiger partial charge in [0, 0.05) is 0 Å². The molecule has 0 unspecified atom stereocenters. The summed E-state index contributed by atoms with van der Waals surface area (Å²) in [5.41, 5.74) is 3.53. The van der Waals surface area contributed by atoms with Crippen molar-refractivity contribution in [2.75, 3.05) is 6.61 Å². The van der Waals surface area contributed by atoms with Crippen molar-refractivity contribution in [1.82, 2.24) is 0 Å². The highest BCUT2D eigenvalue weighted by molar-refractivity contribution is 5.62. The molecular weight excluding hydrogens is 220 g/mol. The van der Waals surface area contributed by atoms with E-state index in [1.54, 1.807) is 0 Å². The van der Waals surface area contributed by atoms with Crippen LogP contribution in [0, 0.1) is 0 Å². The zero-order chi connectivity index (χ0) is 12.6. The van der Waals surface area contributed by atoms with E-state index in [0.717, 1.165) is 12.0 Å². The van der Waals surface area contributed by atoms with Gasteiger partial charge in [0.15, 0.2) is 0 Å². The molecule has 2 aromatic carbocycles. The van der Waals surface area contributed by atoms with Crippen LogP contribution in [-0.2, 0) is 11.3 Å². The van der Waals surface area contributed by atoms with Crippen LogP contribution in [0.5, 0.6) is 0 Å². The van der Waals surface area contributed by atoms with Gasteiger partial charge in [0.05, 0.1) is 13.2 Å². The van der Waals surface area contributed by atoms with Gasteiger partial charge in [-0.25, -0.2) is 0 Å². The summed E-state index contributed by atoms with van der Waals surface area (Å²) in [6.45, 7) is 5.47. The molecule has 2 aromatic rings. The molecule has 0 heterocycles. The first kappa shape index (κ1) is 12.6. The predicted octanol–water partition coefficient (Wildman–Crippen LogP) is 4.31. The Labute approximate surface area is 109 Å². The third-order valence-corrected chi connectivity index (χ3v) is 2.84. The molecule has 0 amide bonds. The molecule has 0 spiro atoms. The maximum atomic E-state index is 5.65. The Balaban J connectivity index is 1.72. The molecule has 0 aliphatic rings. The minimum atomic E-state index is 0.670. The second-order valence-electron chi connectivity index (χ2n) is 4.26. The largest absolute Gasteiger partial charge is 0.376 e. The second-order valence-corrected chi connectivity index (χ2v) is 4.26. The van der Waals surface area contributed by atoms with Gasteiger partial charge in [-0.2, -0.15) is 0 Å². The van der Waals surface area contributed by atoms with Crippen LogP contribution in [0.2, 0.25) is 0 Å². The van der Waals surface area contributed by atoms with Gasteiger partial charge in [-0.1, -0.05) is 67.2 Å². The summed E-state index contributed by atoms with van der Waals surface area (Å²) in [6.07, 6.45) is 0.872. The van der Waals surface area contributed by atoms with E-state index in [9.17, 15) is 0 Å². The summed E-state index contributed by atoms with van der Waals surface area (Å²) in [7, 11) is 0.